The molecule has 1 saturated heterocycles. The maximum absolute atomic E-state index is 13.7. The number of para-hydroxylation sites is 1. The summed E-state index contributed by atoms with van der Waals surface area (Å²) in [5.74, 6) is -3.51. The summed E-state index contributed by atoms with van der Waals surface area (Å²) in [7, 11) is 1.69. The third-order valence-electron chi connectivity index (χ3n) is 5.86. The quantitative estimate of drug-likeness (QED) is 0.357. The number of allylic oxidation sites excluding steroid dienone is 1. The van der Waals surface area contributed by atoms with E-state index in [1.807, 2.05) is 30.3 Å². The molecule has 1 aliphatic heterocycles. The minimum Gasteiger partial charge on any atom is -0.478 e. The Morgan fingerprint density at radius 1 is 1.03 bits per heavy atom. The van der Waals surface area contributed by atoms with Gasteiger partial charge in [-0.2, -0.15) is 0 Å². The average Bonchev–Trinajstić information content (AvgIpc) is 3.31. The van der Waals surface area contributed by atoms with Gasteiger partial charge in [0, 0.05) is 25.4 Å². The van der Waals surface area contributed by atoms with E-state index in [4.69, 9.17) is 10.8 Å². The van der Waals surface area contributed by atoms with Crippen molar-refractivity contribution in [2.24, 2.45) is 0 Å². The number of hydrogen-bond donors (Lipinski definition) is 2. The molecule has 2 atom stereocenters. The second-order valence-corrected chi connectivity index (χ2v) is 8.02. The monoisotopic (exact) mass is 435 g/mol. The average molecular weight is 436 g/mol. The Bertz CT molecular complexity index is 984. The van der Waals surface area contributed by atoms with Crippen LogP contribution in [0, 0.1) is 0 Å². The number of hydrogen-bond acceptors (Lipinski definition) is 5. The predicted molar refractivity (Wildman–Crippen MR) is 123 cm³/mol. The number of rotatable bonds is 9. The predicted octanol–water partition coefficient (Wildman–Crippen LogP) is 2.86. The lowest BCUT2D eigenvalue weighted by atomic mass is 9.90. The Balaban J connectivity index is 1.97. The summed E-state index contributed by atoms with van der Waals surface area (Å²) < 4.78 is 0. The fourth-order valence-electron chi connectivity index (χ4n) is 4.13. The molecule has 0 saturated carbocycles. The number of amides is 1. The molecule has 3 N–H and O–H groups in total. The van der Waals surface area contributed by atoms with E-state index >= 15 is 0 Å². The van der Waals surface area contributed by atoms with Gasteiger partial charge in [-0.25, -0.2) is 4.79 Å². The van der Waals surface area contributed by atoms with E-state index in [-0.39, 0.29) is 6.04 Å². The SMILES string of the molecule is CN(C(=O)C(C(=O)/C=C\C(=O)O)c1ccccc1N)[C@H](CN1CCCC1)c1ccccc1. The van der Waals surface area contributed by atoms with Crippen LogP contribution in [-0.2, 0) is 14.4 Å². The van der Waals surface area contributed by atoms with Gasteiger partial charge in [0.2, 0.25) is 5.91 Å². The van der Waals surface area contributed by atoms with E-state index in [0.717, 1.165) is 43.6 Å². The Morgan fingerprint density at radius 2 is 1.66 bits per heavy atom. The number of ketones is 1. The van der Waals surface area contributed by atoms with E-state index in [2.05, 4.69) is 4.90 Å². The fraction of sp³-hybridized carbons (Fsp3) is 0.320. The standard InChI is InChI=1S/C25H29N3O4/c1-27(21(17-28-15-7-8-16-28)18-9-3-2-4-10-18)25(32)24(22(29)13-14-23(30)31)19-11-5-6-12-20(19)26/h2-6,9-14,21,24H,7-8,15-17,26H2,1H3,(H,30,31)/b14-13-/t21-,24?/m1/s1. The summed E-state index contributed by atoms with van der Waals surface area (Å²) in [6.45, 7) is 2.60. The van der Waals surface area contributed by atoms with Crippen molar-refractivity contribution in [3.63, 3.8) is 0 Å². The molecule has 1 heterocycles. The van der Waals surface area contributed by atoms with E-state index in [1.54, 1.807) is 36.2 Å². The van der Waals surface area contributed by atoms with Crippen LogP contribution in [0.2, 0.25) is 0 Å². The Kier molecular flexibility index (Phi) is 7.78. The molecule has 1 amide bonds. The normalized spacial score (nSPS) is 16.0. The summed E-state index contributed by atoms with van der Waals surface area (Å²) in [5, 5.41) is 8.95. The number of anilines is 1. The van der Waals surface area contributed by atoms with Crippen LogP contribution < -0.4 is 5.73 Å². The van der Waals surface area contributed by atoms with Gasteiger partial charge in [0.1, 0.15) is 5.92 Å². The van der Waals surface area contributed by atoms with Gasteiger partial charge in [-0.3, -0.25) is 9.59 Å². The highest BCUT2D eigenvalue weighted by Gasteiger charge is 2.35. The minimum absolute atomic E-state index is 0.259. The summed E-state index contributed by atoms with van der Waals surface area (Å²) in [5.41, 5.74) is 7.76. The number of carboxylic acids is 1. The van der Waals surface area contributed by atoms with E-state index in [1.165, 1.54) is 0 Å². The molecule has 0 bridgehead atoms. The lowest BCUT2D eigenvalue weighted by Crippen LogP contribution is -2.42. The largest absolute Gasteiger partial charge is 0.478 e. The van der Waals surface area contributed by atoms with Crippen molar-refractivity contribution in [1.82, 2.24) is 9.80 Å². The van der Waals surface area contributed by atoms with E-state index < -0.39 is 23.6 Å². The fourth-order valence-corrected chi connectivity index (χ4v) is 4.13. The molecule has 0 aliphatic carbocycles. The molecule has 2 aromatic carbocycles. The zero-order valence-corrected chi connectivity index (χ0v) is 18.2. The summed E-state index contributed by atoms with van der Waals surface area (Å²) in [6, 6.07) is 16.2. The Labute approximate surface area is 188 Å². The van der Waals surface area contributed by atoms with Crippen molar-refractivity contribution >= 4 is 23.3 Å². The van der Waals surface area contributed by atoms with Gasteiger partial charge < -0.3 is 20.6 Å². The summed E-state index contributed by atoms with van der Waals surface area (Å²) in [6.07, 6.45) is 3.94. The number of nitrogen functional groups attached to an aromatic ring is 1. The molecular formula is C25H29N3O4. The molecule has 0 radical (unpaired) electrons. The molecule has 0 spiro atoms. The number of likely N-dealkylation sites (N-methyl/N-ethyl adjacent to an activating group) is 1. The highest BCUT2D eigenvalue weighted by Crippen LogP contribution is 2.30. The van der Waals surface area contributed by atoms with Gasteiger partial charge in [0.25, 0.3) is 0 Å². The number of likely N-dealkylation sites (tertiary alicyclic amines) is 1. The molecule has 0 aromatic heterocycles. The van der Waals surface area contributed by atoms with Gasteiger partial charge in [-0.15, -0.1) is 0 Å². The molecular weight excluding hydrogens is 406 g/mol. The molecule has 1 fully saturated rings. The highest BCUT2D eigenvalue weighted by molar-refractivity contribution is 6.13. The first-order valence-corrected chi connectivity index (χ1v) is 10.7. The van der Waals surface area contributed by atoms with Crippen LogP contribution in [0.5, 0.6) is 0 Å². The number of carboxylic acid groups (broad SMARTS) is 1. The van der Waals surface area contributed by atoms with Crippen LogP contribution in [0.15, 0.2) is 66.7 Å². The van der Waals surface area contributed by atoms with Crippen LogP contribution >= 0.6 is 0 Å². The number of nitrogens with two attached hydrogens (primary N) is 1. The lowest BCUT2D eigenvalue weighted by molar-refractivity contribution is -0.138. The first kappa shape index (κ1) is 23.2. The van der Waals surface area contributed by atoms with Crippen molar-refractivity contribution in [2.75, 3.05) is 32.4 Å². The maximum Gasteiger partial charge on any atom is 0.328 e. The minimum atomic E-state index is -1.25. The van der Waals surface area contributed by atoms with Crippen molar-refractivity contribution < 1.29 is 19.5 Å². The molecule has 2 aromatic rings. The number of carbonyl (C=O) groups excluding carboxylic acids is 2. The molecule has 168 valence electrons. The second kappa shape index (κ2) is 10.7. The Hall–Kier alpha value is -3.45. The van der Waals surface area contributed by atoms with Crippen molar-refractivity contribution in [1.29, 1.82) is 0 Å². The van der Waals surface area contributed by atoms with Gasteiger partial charge in [0.05, 0.1) is 6.04 Å². The molecule has 7 heteroatoms. The smallest absolute Gasteiger partial charge is 0.328 e. The van der Waals surface area contributed by atoms with Gasteiger partial charge in [-0.1, -0.05) is 48.5 Å². The molecule has 3 rings (SSSR count). The van der Waals surface area contributed by atoms with Gasteiger partial charge in [0.15, 0.2) is 5.78 Å². The third kappa shape index (κ3) is 5.62. The lowest BCUT2D eigenvalue weighted by Gasteiger charge is -2.34. The first-order chi connectivity index (χ1) is 15.4. The Morgan fingerprint density at radius 3 is 2.28 bits per heavy atom. The second-order valence-electron chi connectivity index (χ2n) is 8.02. The van der Waals surface area contributed by atoms with Crippen LogP contribution in [0.25, 0.3) is 0 Å². The zero-order chi connectivity index (χ0) is 23.1. The topological polar surface area (TPSA) is 104 Å². The molecule has 7 nitrogen and oxygen atoms in total. The number of nitrogens with zero attached hydrogens (tertiary/aromatic N) is 2. The highest BCUT2D eigenvalue weighted by atomic mass is 16.4. The first-order valence-electron chi connectivity index (χ1n) is 10.7. The van der Waals surface area contributed by atoms with Crippen molar-refractivity contribution in [2.45, 2.75) is 24.8 Å². The van der Waals surface area contributed by atoms with Gasteiger partial charge in [-0.05, 0) is 49.2 Å². The van der Waals surface area contributed by atoms with Crippen molar-refractivity contribution in [3.05, 3.63) is 77.9 Å². The molecule has 32 heavy (non-hydrogen) atoms. The van der Waals surface area contributed by atoms with Crippen LogP contribution in [-0.4, -0.2) is 59.2 Å². The van der Waals surface area contributed by atoms with Crippen LogP contribution in [0.4, 0.5) is 5.69 Å². The van der Waals surface area contributed by atoms with Crippen LogP contribution in [0.1, 0.15) is 35.9 Å². The van der Waals surface area contributed by atoms with Gasteiger partial charge >= 0.3 is 5.97 Å². The van der Waals surface area contributed by atoms with E-state index in [0.29, 0.717) is 17.8 Å². The number of benzene rings is 2. The molecule has 1 aliphatic rings. The summed E-state index contributed by atoms with van der Waals surface area (Å²) >= 11 is 0. The maximum atomic E-state index is 13.7. The number of aliphatic carboxylic acids is 1. The van der Waals surface area contributed by atoms with Crippen LogP contribution in [0.3, 0.4) is 0 Å². The number of carbonyl (C=O) groups is 3. The van der Waals surface area contributed by atoms with Crippen molar-refractivity contribution in [3.8, 4) is 0 Å². The summed E-state index contributed by atoms with van der Waals surface area (Å²) in [4.78, 5) is 41.6. The van der Waals surface area contributed by atoms with E-state index in [9.17, 15) is 14.4 Å². The zero-order valence-electron chi connectivity index (χ0n) is 18.2. The third-order valence-corrected chi connectivity index (χ3v) is 5.86. The molecule has 1 unspecified atom stereocenters.